The zero-order valence-electron chi connectivity index (χ0n) is 25.1. The Morgan fingerprint density at radius 2 is 1.65 bits per heavy atom. The van der Waals surface area contributed by atoms with Crippen molar-refractivity contribution in [2.24, 2.45) is 29.6 Å². The molecular formula is C30H50O4SSi2. The SMILES string of the molecule is CS[C@@]1(CO[Si](C)(C)C(C)(C)C)[C@H]2C=C[C@H]1[C@@]1(C2)O[C@H]2C[C@H]3C(CO[Si](C)(C)C(C)(C)C)=C[C@H]2C(=O)[C@H]31. The van der Waals surface area contributed by atoms with Gasteiger partial charge < -0.3 is 13.6 Å². The molecule has 0 unspecified atom stereocenters. The van der Waals surface area contributed by atoms with Crippen LogP contribution in [-0.2, 0) is 18.4 Å². The highest BCUT2D eigenvalue weighted by molar-refractivity contribution is 8.00. The number of hydrogen-bond acceptors (Lipinski definition) is 5. The van der Waals surface area contributed by atoms with Crippen LogP contribution in [0.25, 0.3) is 0 Å². The van der Waals surface area contributed by atoms with Crippen molar-refractivity contribution >= 4 is 34.2 Å². The molecular weight excluding hydrogens is 513 g/mol. The molecule has 5 aliphatic carbocycles. The molecule has 2 saturated carbocycles. The van der Waals surface area contributed by atoms with E-state index in [1.54, 1.807) is 0 Å². The van der Waals surface area contributed by atoms with Gasteiger partial charge >= 0.3 is 0 Å². The van der Waals surface area contributed by atoms with Crippen LogP contribution in [0.3, 0.4) is 0 Å². The lowest BCUT2D eigenvalue weighted by molar-refractivity contribution is -0.234. The molecule has 0 aromatic heterocycles. The molecule has 7 rings (SSSR count). The lowest BCUT2D eigenvalue weighted by Crippen LogP contribution is -2.68. The van der Waals surface area contributed by atoms with Crippen molar-refractivity contribution in [3.63, 3.8) is 0 Å². The highest BCUT2D eigenvalue weighted by Crippen LogP contribution is 2.69. The number of rotatable bonds is 7. The fraction of sp³-hybridized carbons (Fsp3) is 0.833. The molecule has 0 aromatic carbocycles. The van der Waals surface area contributed by atoms with Crippen LogP contribution in [0.15, 0.2) is 23.8 Å². The Morgan fingerprint density at radius 3 is 2.22 bits per heavy atom. The van der Waals surface area contributed by atoms with Crippen LogP contribution in [0.5, 0.6) is 0 Å². The van der Waals surface area contributed by atoms with Crippen LogP contribution in [0.2, 0.25) is 36.3 Å². The van der Waals surface area contributed by atoms with E-state index in [4.69, 9.17) is 13.6 Å². The average molecular weight is 563 g/mol. The first kappa shape index (κ1) is 28.3. The molecule has 0 amide bonds. The summed E-state index contributed by atoms with van der Waals surface area (Å²) in [5.41, 5.74) is 0.981. The Hall–Kier alpha value is -0.186. The van der Waals surface area contributed by atoms with Crippen molar-refractivity contribution in [1.82, 2.24) is 0 Å². The lowest BCUT2D eigenvalue weighted by atomic mass is 9.53. The molecule has 2 heterocycles. The van der Waals surface area contributed by atoms with Crippen molar-refractivity contribution in [3.05, 3.63) is 23.8 Å². The van der Waals surface area contributed by atoms with Gasteiger partial charge in [-0.05, 0) is 72.8 Å². The molecule has 8 atom stereocenters. The predicted molar refractivity (Wildman–Crippen MR) is 159 cm³/mol. The third-order valence-electron chi connectivity index (χ3n) is 11.7. The van der Waals surface area contributed by atoms with Crippen molar-refractivity contribution in [2.75, 3.05) is 19.5 Å². The highest BCUT2D eigenvalue weighted by Gasteiger charge is 2.74. The molecule has 4 nitrogen and oxygen atoms in total. The van der Waals surface area contributed by atoms with Crippen LogP contribution in [0.4, 0.5) is 0 Å². The minimum absolute atomic E-state index is 0.0211. The maximum absolute atomic E-state index is 13.9. The summed E-state index contributed by atoms with van der Waals surface area (Å²) in [7, 11) is -3.76. The zero-order chi connectivity index (χ0) is 27.4. The van der Waals surface area contributed by atoms with Gasteiger partial charge in [0.15, 0.2) is 16.6 Å². The third kappa shape index (κ3) is 4.03. The van der Waals surface area contributed by atoms with Crippen LogP contribution in [-0.4, -0.2) is 58.3 Å². The van der Waals surface area contributed by atoms with E-state index in [9.17, 15) is 4.79 Å². The first-order valence-corrected chi connectivity index (χ1v) is 21.4. The quantitative estimate of drug-likeness (QED) is 0.242. The number of allylic oxidation sites excluding steroid dienone is 1. The fourth-order valence-electron chi connectivity index (χ4n) is 7.30. The van der Waals surface area contributed by atoms with E-state index < -0.39 is 22.2 Å². The van der Waals surface area contributed by atoms with Crippen LogP contribution in [0.1, 0.15) is 54.4 Å². The Kier molecular flexibility index (Phi) is 6.63. The van der Waals surface area contributed by atoms with Gasteiger partial charge in [0.25, 0.3) is 0 Å². The monoisotopic (exact) mass is 562 g/mol. The summed E-state index contributed by atoms with van der Waals surface area (Å²) < 4.78 is 20.6. The van der Waals surface area contributed by atoms with Gasteiger partial charge in [0, 0.05) is 12.5 Å². The van der Waals surface area contributed by atoms with Crippen LogP contribution < -0.4 is 0 Å². The number of Topliss-reactive ketones (excluding diaryl/α,β-unsaturated/α-hetero) is 1. The van der Waals surface area contributed by atoms with Gasteiger partial charge in [-0.25, -0.2) is 0 Å². The third-order valence-corrected chi connectivity index (χ3v) is 22.1. The van der Waals surface area contributed by atoms with Gasteiger partial charge in [0.1, 0.15) is 5.78 Å². The second-order valence-electron chi connectivity index (χ2n) is 15.5. The molecule has 2 aliphatic heterocycles. The normalized spacial score (nSPS) is 40.8. The van der Waals surface area contributed by atoms with E-state index in [0.29, 0.717) is 18.3 Å². The lowest BCUT2D eigenvalue weighted by Gasteiger charge is -2.61. The first-order chi connectivity index (χ1) is 16.9. The molecule has 0 N–H and O–H groups in total. The summed E-state index contributed by atoms with van der Waals surface area (Å²) in [6.45, 7) is 24.6. The standard InChI is InChI=1S/C30H50O4SSi2/c1-27(2,3)36(8,9)32-17-19-14-22-23-15-21(19)25(26(22)31)29(34-23)16-20-12-13-24(29)30(20,35-7)18-33-37(10,11)28(4,5)6/h12-14,20-25H,15-18H2,1-11H3/t20-,21-,22+,23-,24-,25-,29+,30-/m0/s1. The maximum atomic E-state index is 13.9. The second-order valence-corrected chi connectivity index (χ2v) is 26.3. The maximum Gasteiger partial charge on any atom is 0.192 e. The van der Waals surface area contributed by atoms with Crippen molar-refractivity contribution in [1.29, 1.82) is 0 Å². The summed E-state index contributed by atoms with van der Waals surface area (Å²) in [6, 6.07) is 0. The molecule has 208 valence electrons. The van der Waals surface area contributed by atoms with Gasteiger partial charge in [0.05, 0.1) is 34.9 Å². The number of fused-ring (bicyclic) bond motifs is 2. The van der Waals surface area contributed by atoms with Gasteiger partial charge in [-0.3, -0.25) is 4.79 Å². The smallest absolute Gasteiger partial charge is 0.192 e. The fourth-order valence-corrected chi connectivity index (χ4v) is 10.6. The molecule has 7 aliphatic rings. The summed E-state index contributed by atoms with van der Waals surface area (Å²) in [5.74, 6) is 1.16. The molecule has 6 bridgehead atoms. The minimum Gasteiger partial charge on any atom is -0.415 e. The van der Waals surface area contributed by atoms with Gasteiger partial charge in [0.2, 0.25) is 0 Å². The van der Waals surface area contributed by atoms with Gasteiger partial charge in [-0.1, -0.05) is 59.8 Å². The van der Waals surface area contributed by atoms with Crippen LogP contribution >= 0.6 is 11.8 Å². The van der Waals surface area contributed by atoms with E-state index in [-0.39, 0.29) is 44.6 Å². The Labute approximate surface area is 232 Å². The number of carbonyl (C=O) groups excluding carboxylic acids is 1. The predicted octanol–water partition coefficient (Wildman–Crippen LogP) is 7.24. The zero-order valence-corrected chi connectivity index (χ0v) is 27.9. The van der Waals surface area contributed by atoms with Gasteiger partial charge in [-0.2, -0.15) is 11.8 Å². The average Bonchev–Trinajstić information content (AvgIpc) is 3.25. The van der Waals surface area contributed by atoms with E-state index >= 15 is 0 Å². The van der Waals surface area contributed by atoms with Crippen molar-refractivity contribution < 1.29 is 18.4 Å². The first-order valence-electron chi connectivity index (χ1n) is 14.3. The summed E-state index contributed by atoms with van der Waals surface area (Å²) in [6.07, 6.45) is 11.2. The molecule has 1 spiro atoms. The second kappa shape index (κ2) is 8.66. The molecule has 7 heteroatoms. The Morgan fingerprint density at radius 1 is 1.03 bits per heavy atom. The minimum atomic E-state index is -1.90. The van der Waals surface area contributed by atoms with Crippen molar-refractivity contribution in [3.8, 4) is 0 Å². The summed E-state index contributed by atoms with van der Waals surface area (Å²) in [5, 5.41) is 0.354. The van der Waals surface area contributed by atoms with Crippen molar-refractivity contribution in [2.45, 2.75) is 107 Å². The number of thioether (sulfide) groups is 1. The number of hydrogen-bond donors (Lipinski definition) is 0. The van der Waals surface area contributed by atoms with E-state index in [1.807, 2.05) is 11.8 Å². The number of ether oxygens (including phenoxy) is 1. The molecule has 0 aromatic rings. The Bertz CT molecular complexity index is 1020. The van der Waals surface area contributed by atoms with Crippen LogP contribution in [0, 0.1) is 29.6 Å². The molecule has 2 saturated heterocycles. The Balaban J connectivity index is 1.42. The van der Waals surface area contributed by atoms with E-state index in [0.717, 1.165) is 19.4 Å². The summed E-state index contributed by atoms with van der Waals surface area (Å²) >= 11 is 1.95. The molecule has 0 radical (unpaired) electrons. The van der Waals surface area contributed by atoms with E-state index in [1.165, 1.54) is 5.57 Å². The summed E-state index contributed by atoms with van der Waals surface area (Å²) in [4.78, 5) is 13.9. The highest BCUT2D eigenvalue weighted by atomic mass is 32.2. The molecule has 4 fully saturated rings. The van der Waals surface area contributed by atoms with E-state index in [2.05, 4.69) is 92.2 Å². The molecule has 37 heavy (non-hydrogen) atoms. The largest absolute Gasteiger partial charge is 0.415 e. The number of carbonyl (C=O) groups is 1. The number of ketones is 1. The topological polar surface area (TPSA) is 44.8 Å². The van der Waals surface area contributed by atoms with Gasteiger partial charge in [-0.15, -0.1) is 0 Å².